The fourth-order valence-electron chi connectivity index (χ4n) is 3.52. The number of piperazine rings is 1. The monoisotopic (exact) mass is 424 g/mol. The Morgan fingerprint density at radius 2 is 1.83 bits per heavy atom. The summed E-state index contributed by atoms with van der Waals surface area (Å²) in [5.74, 6) is -0.247. The molecule has 2 aliphatic rings. The van der Waals surface area contributed by atoms with Crippen molar-refractivity contribution in [1.82, 2.24) is 9.21 Å². The van der Waals surface area contributed by atoms with Gasteiger partial charge in [-0.25, -0.2) is 8.42 Å². The van der Waals surface area contributed by atoms with E-state index in [2.05, 4.69) is 0 Å². The Balaban J connectivity index is 1.53. The molecule has 0 aromatic heterocycles. The van der Waals surface area contributed by atoms with E-state index in [1.165, 1.54) is 35.5 Å². The number of benzene rings is 1. The van der Waals surface area contributed by atoms with Crippen molar-refractivity contribution in [3.63, 3.8) is 0 Å². The number of ether oxygens (including phenoxy) is 2. The SMILES string of the molecule is CC(=O)c1ccc(S(=O)(=O)N2CCN(C(=O)C(C)OCC3CCCO3)CC2)cc1. The maximum Gasteiger partial charge on any atom is 0.251 e. The summed E-state index contributed by atoms with van der Waals surface area (Å²) in [6, 6.07) is 5.93. The Morgan fingerprint density at radius 1 is 1.17 bits per heavy atom. The molecular formula is C20H28N2O6S. The first-order chi connectivity index (χ1) is 13.8. The molecular weight excluding hydrogens is 396 g/mol. The number of carbonyl (C=O) groups excluding carboxylic acids is 2. The summed E-state index contributed by atoms with van der Waals surface area (Å²) in [4.78, 5) is 25.8. The average molecular weight is 425 g/mol. The fourth-order valence-corrected chi connectivity index (χ4v) is 4.94. The van der Waals surface area contributed by atoms with Crippen LogP contribution in [0.25, 0.3) is 0 Å². The van der Waals surface area contributed by atoms with E-state index in [1.807, 2.05) is 0 Å². The predicted molar refractivity (Wildman–Crippen MR) is 106 cm³/mol. The molecule has 1 aromatic carbocycles. The first-order valence-electron chi connectivity index (χ1n) is 9.92. The molecule has 0 bridgehead atoms. The first-order valence-corrected chi connectivity index (χ1v) is 11.4. The van der Waals surface area contributed by atoms with Crippen molar-refractivity contribution < 1.29 is 27.5 Å². The van der Waals surface area contributed by atoms with Crippen molar-refractivity contribution in [3.8, 4) is 0 Å². The largest absolute Gasteiger partial charge is 0.376 e. The maximum absolute atomic E-state index is 12.8. The molecule has 2 fully saturated rings. The highest BCUT2D eigenvalue weighted by Gasteiger charge is 2.32. The Morgan fingerprint density at radius 3 is 2.38 bits per heavy atom. The van der Waals surface area contributed by atoms with E-state index in [4.69, 9.17) is 9.47 Å². The van der Waals surface area contributed by atoms with Crippen LogP contribution in [0.15, 0.2) is 29.2 Å². The van der Waals surface area contributed by atoms with Gasteiger partial charge < -0.3 is 14.4 Å². The number of carbonyl (C=O) groups is 2. The number of ketones is 1. The van der Waals surface area contributed by atoms with Crippen LogP contribution >= 0.6 is 0 Å². The topological polar surface area (TPSA) is 93.2 Å². The van der Waals surface area contributed by atoms with E-state index in [9.17, 15) is 18.0 Å². The van der Waals surface area contributed by atoms with Crippen LogP contribution in [0, 0.1) is 0 Å². The molecule has 160 valence electrons. The molecule has 29 heavy (non-hydrogen) atoms. The molecule has 8 nitrogen and oxygen atoms in total. The number of nitrogens with zero attached hydrogens (tertiary/aromatic N) is 2. The Kier molecular flexibility index (Phi) is 7.05. The lowest BCUT2D eigenvalue weighted by Gasteiger charge is -2.35. The maximum atomic E-state index is 12.8. The fraction of sp³-hybridized carbons (Fsp3) is 0.600. The minimum atomic E-state index is -3.66. The van der Waals surface area contributed by atoms with Crippen LogP contribution in [0.4, 0.5) is 0 Å². The minimum absolute atomic E-state index is 0.0571. The molecule has 0 saturated carbocycles. The van der Waals surface area contributed by atoms with Crippen LogP contribution in [-0.4, -0.2) is 80.9 Å². The minimum Gasteiger partial charge on any atom is -0.376 e. The van der Waals surface area contributed by atoms with Gasteiger partial charge in [0.1, 0.15) is 6.10 Å². The second-order valence-corrected chi connectivity index (χ2v) is 9.36. The van der Waals surface area contributed by atoms with Gasteiger partial charge in [0.25, 0.3) is 5.91 Å². The van der Waals surface area contributed by atoms with Crippen molar-refractivity contribution in [2.75, 3.05) is 39.4 Å². The van der Waals surface area contributed by atoms with E-state index in [0.29, 0.717) is 25.3 Å². The number of hydrogen-bond acceptors (Lipinski definition) is 6. The third-order valence-corrected chi connectivity index (χ3v) is 7.27. The Labute approximate surface area is 171 Å². The van der Waals surface area contributed by atoms with E-state index < -0.39 is 16.1 Å². The quantitative estimate of drug-likeness (QED) is 0.613. The van der Waals surface area contributed by atoms with Crippen LogP contribution in [0.3, 0.4) is 0 Å². The number of sulfonamides is 1. The molecule has 0 spiro atoms. The van der Waals surface area contributed by atoms with Crippen molar-refractivity contribution in [2.24, 2.45) is 0 Å². The van der Waals surface area contributed by atoms with Crippen LogP contribution in [0.5, 0.6) is 0 Å². The third kappa shape index (κ3) is 5.22. The molecule has 0 N–H and O–H groups in total. The number of rotatable bonds is 7. The normalized spacial score (nSPS) is 21.9. The molecule has 0 aliphatic carbocycles. The molecule has 2 aliphatic heterocycles. The number of amides is 1. The average Bonchev–Trinajstić information content (AvgIpc) is 3.25. The van der Waals surface area contributed by atoms with Gasteiger partial charge in [0.05, 0.1) is 17.6 Å². The summed E-state index contributed by atoms with van der Waals surface area (Å²) < 4.78 is 38.2. The highest BCUT2D eigenvalue weighted by molar-refractivity contribution is 7.89. The molecule has 1 amide bonds. The highest BCUT2D eigenvalue weighted by Crippen LogP contribution is 2.19. The van der Waals surface area contributed by atoms with Gasteiger partial charge in [0.2, 0.25) is 10.0 Å². The van der Waals surface area contributed by atoms with E-state index >= 15 is 0 Å². The molecule has 3 rings (SSSR count). The highest BCUT2D eigenvalue weighted by atomic mass is 32.2. The second-order valence-electron chi connectivity index (χ2n) is 7.42. The molecule has 2 saturated heterocycles. The second kappa shape index (κ2) is 9.34. The van der Waals surface area contributed by atoms with Gasteiger partial charge in [-0.3, -0.25) is 9.59 Å². The van der Waals surface area contributed by atoms with Crippen LogP contribution in [-0.2, 0) is 24.3 Å². The molecule has 9 heteroatoms. The van der Waals surface area contributed by atoms with Crippen LogP contribution in [0.1, 0.15) is 37.0 Å². The lowest BCUT2D eigenvalue weighted by atomic mass is 10.2. The zero-order valence-corrected chi connectivity index (χ0v) is 17.7. The molecule has 2 unspecified atom stereocenters. The molecule has 2 heterocycles. The van der Waals surface area contributed by atoms with Crippen molar-refractivity contribution in [2.45, 2.75) is 43.8 Å². The zero-order valence-electron chi connectivity index (χ0n) is 16.9. The first kappa shape index (κ1) is 21.9. The van der Waals surface area contributed by atoms with E-state index in [-0.39, 0.29) is 35.8 Å². The lowest BCUT2D eigenvalue weighted by Crippen LogP contribution is -2.52. The van der Waals surface area contributed by atoms with Gasteiger partial charge in [0.15, 0.2) is 5.78 Å². The standard InChI is InChI=1S/C20H28N2O6S/c1-15(23)17-5-7-19(8-6-17)29(25,26)22-11-9-21(10-12-22)20(24)16(2)28-14-18-4-3-13-27-18/h5-8,16,18H,3-4,9-14H2,1-2H3. The smallest absolute Gasteiger partial charge is 0.251 e. The summed E-state index contributed by atoms with van der Waals surface area (Å²) in [5.41, 5.74) is 0.469. The predicted octanol–water partition coefficient (Wildman–Crippen LogP) is 1.31. The van der Waals surface area contributed by atoms with Gasteiger partial charge in [0, 0.05) is 38.3 Å². The molecule has 0 radical (unpaired) electrons. The van der Waals surface area contributed by atoms with Crippen LogP contribution in [0.2, 0.25) is 0 Å². The summed E-state index contributed by atoms with van der Waals surface area (Å²) in [5, 5.41) is 0. The lowest BCUT2D eigenvalue weighted by molar-refractivity contribution is -0.145. The van der Waals surface area contributed by atoms with Crippen molar-refractivity contribution in [1.29, 1.82) is 0 Å². The van der Waals surface area contributed by atoms with Gasteiger partial charge in [-0.1, -0.05) is 12.1 Å². The summed E-state index contributed by atoms with van der Waals surface area (Å²) in [6.07, 6.45) is 1.44. The van der Waals surface area contributed by atoms with Gasteiger partial charge in [-0.2, -0.15) is 4.31 Å². The van der Waals surface area contributed by atoms with Gasteiger partial charge in [-0.05, 0) is 38.8 Å². The summed E-state index contributed by atoms with van der Waals surface area (Å²) >= 11 is 0. The van der Waals surface area contributed by atoms with Gasteiger partial charge in [-0.15, -0.1) is 0 Å². The summed E-state index contributed by atoms with van der Waals surface area (Å²) in [6.45, 7) is 5.38. The van der Waals surface area contributed by atoms with E-state index in [1.54, 1.807) is 11.8 Å². The van der Waals surface area contributed by atoms with Gasteiger partial charge >= 0.3 is 0 Å². The third-order valence-electron chi connectivity index (χ3n) is 5.35. The van der Waals surface area contributed by atoms with E-state index in [0.717, 1.165) is 19.4 Å². The number of hydrogen-bond donors (Lipinski definition) is 0. The van der Waals surface area contributed by atoms with Crippen molar-refractivity contribution >= 4 is 21.7 Å². The Bertz CT molecular complexity index is 825. The van der Waals surface area contributed by atoms with Crippen molar-refractivity contribution in [3.05, 3.63) is 29.8 Å². The zero-order chi connectivity index (χ0) is 21.0. The molecule has 1 aromatic rings. The Hall–Kier alpha value is -1.81. The molecule has 2 atom stereocenters. The number of Topliss-reactive ketones (excluding diaryl/α,β-unsaturated/α-hetero) is 1. The van der Waals surface area contributed by atoms with Crippen LogP contribution < -0.4 is 0 Å². The summed E-state index contributed by atoms with van der Waals surface area (Å²) in [7, 11) is -3.66.